The van der Waals surface area contributed by atoms with Gasteiger partial charge in [-0.15, -0.1) is 0 Å². The number of hydrogen-bond acceptors (Lipinski definition) is 3. The van der Waals surface area contributed by atoms with E-state index in [2.05, 4.69) is 48.1 Å². The van der Waals surface area contributed by atoms with Gasteiger partial charge in [0.15, 0.2) is 0 Å². The summed E-state index contributed by atoms with van der Waals surface area (Å²) in [5, 5.41) is 0. The molecule has 0 aliphatic heterocycles. The zero-order chi connectivity index (χ0) is 25.6. The van der Waals surface area contributed by atoms with Crippen molar-refractivity contribution in [1.29, 1.82) is 0 Å². The van der Waals surface area contributed by atoms with Crippen molar-refractivity contribution >= 4 is 11.8 Å². The average molecular weight is 483 g/mol. The number of ether oxygens (including phenoxy) is 1. The second-order valence-corrected chi connectivity index (χ2v) is 15.0. The second kappa shape index (κ2) is 7.94. The highest BCUT2D eigenvalue weighted by molar-refractivity contribution is 5.85. The molecule has 0 N–H and O–H groups in total. The third-order valence-electron chi connectivity index (χ3n) is 13.5. The Labute approximate surface area is 214 Å². The molecule has 0 bridgehead atoms. The summed E-state index contributed by atoms with van der Waals surface area (Å²) in [6, 6.07) is 0. The van der Waals surface area contributed by atoms with E-state index in [0.717, 1.165) is 12.8 Å². The molecule has 5 aliphatic carbocycles. The van der Waals surface area contributed by atoms with Gasteiger partial charge in [0.1, 0.15) is 5.78 Å². The van der Waals surface area contributed by atoms with Crippen LogP contribution in [0.1, 0.15) is 113 Å². The van der Waals surface area contributed by atoms with Gasteiger partial charge in [0, 0.05) is 24.2 Å². The van der Waals surface area contributed by atoms with Crippen molar-refractivity contribution in [3.63, 3.8) is 0 Å². The van der Waals surface area contributed by atoms with E-state index in [1.165, 1.54) is 56.9 Å². The van der Waals surface area contributed by atoms with E-state index in [0.29, 0.717) is 47.4 Å². The first-order valence-corrected chi connectivity index (χ1v) is 14.5. The molecule has 5 aliphatic rings. The monoisotopic (exact) mass is 482 g/mol. The minimum atomic E-state index is -0.186. The Bertz CT molecular complexity index is 933. The summed E-state index contributed by atoms with van der Waals surface area (Å²) in [6.07, 6.45) is 11.6. The lowest BCUT2D eigenvalue weighted by atomic mass is 9.32. The van der Waals surface area contributed by atoms with Gasteiger partial charge >= 0.3 is 5.97 Å². The molecule has 0 saturated heterocycles. The first-order valence-electron chi connectivity index (χ1n) is 14.5. The lowest BCUT2D eigenvalue weighted by Crippen LogP contribution is -2.66. The molecule has 0 spiro atoms. The highest BCUT2D eigenvalue weighted by Crippen LogP contribution is 2.77. The van der Waals surface area contributed by atoms with E-state index < -0.39 is 0 Å². The molecule has 0 radical (unpaired) electrons. The Kier molecular flexibility index (Phi) is 5.79. The normalized spacial score (nSPS) is 50.4. The number of hydrogen-bond donors (Lipinski definition) is 0. The van der Waals surface area contributed by atoms with Crippen molar-refractivity contribution in [2.75, 3.05) is 6.61 Å². The number of Topliss-reactive ketones (excluding diaryl/α,β-unsaturated/α-hetero) is 1. The largest absolute Gasteiger partial charge is 0.465 e. The Morgan fingerprint density at radius 1 is 0.886 bits per heavy atom. The van der Waals surface area contributed by atoms with Crippen molar-refractivity contribution in [1.82, 2.24) is 0 Å². The molecule has 5 rings (SSSR count). The van der Waals surface area contributed by atoms with Gasteiger partial charge in [-0.25, -0.2) is 0 Å². The van der Waals surface area contributed by atoms with Crippen LogP contribution < -0.4 is 0 Å². The lowest BCUT2D eigenvalue weighted by molar-refractivity contribution is -0.237. The minimum absolute atomic E-state index is 0.128. The molecule has 3 heteroatoms. The van der Waals surface area contributed by atoms with Crippen LogP contribution in [0.2, 0.25) is 0 Å². The summed E-state index contributed by atoms with van der Waals surface area (Å²) >= 11 is 0. The van der Waals surface area contributed by atoms with Gasteiger partial charge in [0.05, 0.1) is 6.61 Å². The van der Waals surface area contributed by atoms with Crippen LogP contribution in [0.25, 0.3) is 0 Å². The minimum Gasteiger partial charge on any atom is -0.465 e. The summed E-state index contributed by atoms with van der Waals surface area (Å²) < 4.78 is 5.78. The van der Waals surface area contributed by atoms with Crippen molar-refractivity contribution in [2.45, 2.75) is 113 Å². The van der Waals surface area contributed by atoms with Gasteiger partial charge in [-0.3, -0.25) is 9.59 Å². The van der Waals surface area contributed by atoms with E-state index in [1.807, 2.05) is 0 Å². The van der Waals surface area contributed by atoms with Crippen LogP contribution in [0.5, 0.6) is 0 Å². The lowest BCUT2D eigenvalue weighted by Gasteiger charge is -2.72. The topological polar surface area (TPSA) is 43.4 Å². The standard InChI is InChI=1S/C32H50O3/c1-20(2)22-11-16-32(19-35-21(3)33)18-17-30(7)23(27(22)32)9-10-25-29(6)14-13-26(34)28(4,5)24(29)12-15-31(25,30)8/h22-25,27H,1,9-19H2,2-8H3/t22-,23+,24+,25+,27+,29-,30+,31+,32+/m0/s1. The van der Waals surface area contributed by atoms with Gasteiger partial charge in [0.25, 0.3) is 0 Å². The molecule has 196 valence electrons. The number of rotatable bonds is 3. The fourth-order valence-electron chi connectivity index (χ4n) is 11.6. The molecule has 0 aromatic carbocycles. The molecule has 5 saturated carbocycles. The molecular weight excluding hydrogens is 432 g/mol. The maximum absolute atomic E-state index is 13.0. The number of allylic oxidation sites excluding steroid dienone is 1. The molecule has 9 atom stereocenters. The predicted molar refractivity (Wildman–Crippen MR) is 141 cm³/mol. The van der Waals surface area contributed by atoms with E-state index in [1.54, 1.807) is 6.92 Å². The Morgan fingerprint density at radius 3 is 2.26 bits per heavy atom. The summed E-state index contributed by atoms with van der Waals surface area (Å²) in [7, 11) is 0. The van der Waals surface area contributed by atoms with Gasteiger partial charge in [-0.05, 0) is 111 Å². The van der Waals surface area contributed by atoms with Crippen molar-refractivity contribution in [3.05, 3.63) is 12.2 Å². The first kappa shape index (κ1) is 25.5. The predicted octanol–water partition coefficient (Wildman–Crippen LogP) is 7.78. The quantitative estimate of drug-likeness (QED) is 0.305. The summed E-state index contributed by atoms with van der Waals surface area (Å²) in [5.74, 6) is 3.34. The van der Waals surface area contributed by atoms with Gasteiger partial charge in [0.2, 0.25) is 0 Å². The molecule has 0 heterocycles. The van der Waals surface area contributed by atoms with E-state index in [-0.39, 0.29) is 27.6 Å². The van der Waals surface area contributed by atoms with Crippen molar-refractivity contribution in [3.8, 4) is 0 Å². The van der Waals surface area contributed by atoms with Gasteiger partial charge < -0.3 is 4.74 Å². The Morgan fingerprint density at radius 2 is 1.60 bits per heavy atom. The average Bonchev–Trinajstić information content (AvgIpc) is 3.16. The Balaban J connectivity index is 1.53. The fraction of sp³-hybridized carbons (Fsp3) is 0.875. The van der Waals surface area contributed by atoms with E-state index in [9.17, 15) is 9.59 Å². The Hall–Kier alpha value is -1.12. The summed E-state index contributed by atoms with van der Waals surface area (Å²) in [6.45, 7) is 21.2. The van der Waals surface area contributed by atoms with Crippen LogP contribution >= 0.6 is 0 Å². The molecule has 35 heavy (non-hydrogen) atoms. The summed E-state index contributed by atoms with van der Waals surface area (Å²) in [4.78, 5) is 24.8. The van der Waals surface area contributed by atoms with Crippen molar-refractivity contribution in [2.24, 2.45) is 56.7 Å². The number of carbonyl (C=O) groups is 2. The molecule has 0 aromatic rings. The van der Waals surface area contributed by atoms with Crippen molar-refractivity contribution < 1.29 is 14.3 Å². The molecule has 0 aromatic heterocycles. The summed E-state index contributed by atoms with van der Waals surface area (Å²) in [5.41, 5.74) is 2.12. The third-order valence-corrected chi connectivity index (χ3v) is 13.5. The number of esters is 1. The second-order valence-electron chi connectivity index (χ2n) is 15.0. The maximum Gasteiger partial charge on any atom is 0.302 e. The zero-order valence-electron chi connectivity index (χ0n) is 23.6. The molecule has 0 unspecified atom stereocenters. The number of fused-ring (bicyclic) bond motifs is 7. The first-order chi connectivity index (χ1) is 16.2. The van der Waals surface area contributed by atoms with Crippen LogP contribution in [0.4, 0.5) is 0 Å². The molecule has 3 nitrogen and oxygen atoms in total. The smallest absolute Gasteiger partial charge is 0.302 e. The highest BCUT2D eigenvalue weighted by atomic mass is 16.5. The van der Waals surface area contributed by atoms with Crippen LogP contribution in [-0.2, 0) is 14.3 Å². The SMILES string of the molecule is C=C(C)[C@@H]1CC[C@]2(COC(C)=O)CC[C@]3(C)[C@H](CC[C@@H]4[C@@]5(C)CCC(=O)C(C)(C)[C@H]5CC[C@]43C)[C@@H]12. The molecule has 0 amide bonds. The van der Waals surface area contributed by atoms with Crippen LogP contribution in [0, 0.1) is 56.7 Å². The van der Waals surface area contributed by atoms with E-state index in [4.69, 9.17) is 4.74 Å². The zero-order valence-corrected chi connectivity index (χ0v) is 23.6. The molecule has 5 fully saturated rings. The fourth-order valence-corrected chi connectivity index (χ4v) is 11.6. The third kappa shape index (κ3) is 3.27. The van der Waals surface area contributed by atoms with Crippen LogP contribution in [0.3, 0.4) is 0 Å². The van der Waals surface area contributed by atoms with Gasteiger partial charge in [-0.2, -0.15) is 0 Å². The highest BCUT2D eigenvalue weighted by Gasteiger charge is 2.71. The number of carbonyl (C=O) groups excluding carboxylic acids is 2. The van der Waals surface area contributed by atoms with Gasteiger partial charge in [-0.1, -0.05) is 46.8 Å². The molecular formula is C32H50O3. The number of ketones is 1. The van der Waals surface area contributed by atoms with E-state index >= 15 is 0 Å². The van der Waals surface area contributed by atoms with Crippen LogP contribution in [-0.4, -0.2) is 18.4 Å². The van der Waals surface area contributed by atoms with Crippen LogP contribution in [0.15, 0.2) is 12.2 Å². The maximum atomic E-state index is 13.0.